The third-order valence-electron chi connectivity index (χ3n) is 2.95. The SMILES string of the molecule is CCCC(CCC)C(=O)c1ccccc1OC#N. The van der Waals surface area contributed by atoms with Crippen molar-refractivity contribution in [3.05, 3.63) is 29.8 Å². The second kappa shape index (κ2) is 7.50. The summed E-state index contributed by atoms with van der Waals surface area (Å²) in [6.45, 7) is 4.15. The van der Waals surface area contributed by atoms with Gasteiger partial charge in [0.05, 0.1) is 5.56 Å². The van der Waals surface area contributed by atoms with Crippen molar-refractivity contribution in [2.45, 2.75) is 39.5 Å². The number of benzene rings is 1. The van der Waals surface area contributed by atoms with E-state index in [1.165, 1.54) is 0 Å². The van der Waals surface area contributed by atoms with Gasteiger partial charge in [0.15, 0.2) is 11.5 Å². The molecular formula is C15H19NO2. The van der Waals surface area contributed by atoms with E-state index in [1.807, 2.05) is 0 Å². The molecule has 0 spiro atoms. The summed E-state index contributed by atoms with van der Waals surface area (Å²) in [5.74, 6) is 0.482. The van der Waals surface area contributed by atoms with Crippen LogP contribution in [0.5, 0.6) is 5.75 Å². The number of nitrogens with zero attached hydrogens (tertiary/aromatic N) is 1. The number of carbonyl (C=O) groups is 1. The van der Waals surface area contributed by atoms with Gasteiger partial charge in [0.1, 0.15) is 0 Å². The van der Waals surface area contributed by atoms with Crippen LogP contribution in [0.4, 0.5) is 0 Å². The van der Waals surface area contributed by atoms with Crippen LogP contribution in [0.2, 0.25) is 0 Å². The lowest BCUT2D eigenvalue weighted by molar-refractivity contribution is 0.0902. The Bertz CT molecular complexity index is 428. The molecule has 1 aromatic rings. The molecule has 1 aromatic carbocycles. The van der Waals surface area contributed by atoms with E-state index < -0.39 is 0 Å². The smallest absolute Gasteiger partial charge is 0.292 e. The van der Waals surface area contributed by atoms with Crippen molar-refractivity contribution >= 4 is 5.78 Å². The zero-order chi connectivity index (χ0) is 13.4. The van der Waals surface area contributed by atoms with Crippen LogP contribution in [-0.4, -0.2) is 5.78 Å². The predicted molar refractivity (Wildman–Crippen MR) is 70.3 cm³/mol. The van der Waals surface area contributed by atoms with Crippen LogP contribution in [0.3, 0.4) is 0 Å². The molecule has 0 aliphatic heterocycles. The lowest BCUT2D eigenvalue weighted by Gasteiger charge is -2.15. The summed E-state index contributed by atoms with van der Waals surface area (Å²) in [6, 6.07) is 6.95. The standard InChI is InChI=1S/C15H19NO2/c1-3-7-12(8-4-2)15(17)13-9-5-6-10-14(13)18-11-16/h5-6,9-10,12H,3-4,7-8H2,1-2H3. The van der Waals surface area contributed by atoms with Crippen LogP contribution in [0, 0.1) is 17.4 Å². The van der Waals surface area contributed by atoms with Crippen LogP contribution in [0.25, 0.3) is 0 Å². The second-order valence-electron chi connectivity index (χ2n) is 4.33. The maximum absolute atomic E-state index is 12.4. The van der Waals surface area contributed by atoms with Gasteiger partial charge in [-0.25, -0.2) is 0 Å². The molecule has 0 radical (unpaired) electrons. The first kappa shape index (κ1) is 14.2. The molecule has 0 aromatic heterocycles. The van der Waals surface area contributed by atoms with Crippen molar-refractivity contribution in [1.29, 1.82) is 5.26 Å². The van der Waals surface area contributed by atoms with Crippen LogP contribution in [0.1, 0.15) is 49.9 Å². The molecule has 0 amide bonds. The van der Waals surface area contributed by atoms with Crippen LogP contribution >= 0.6 is 0 Å². The first-order valence-electron chi connectivity index (χ1n) is 6.43. The number of nitriles is 1. The summed E-state index contributed by atoms with van der Waals surface area (Å²) in [7, 11) is 0. The maximum atomic E-state index is 12.4. The Kier molecular flexibility index (Phi) is 5.93. The van der Waals surface area contributed by atoms with E-state index >= 15 is 0 Å². The van der Waals surface area contributed by atoms with Gasteiger partial charge in [0.25, 0.3) is 6.26 Å². The van der Waals surface area contributed by atoms with E-state index in [0.29, 0.717) is 11.3 Å². The molecule has 0 aliphatic rings. The van der Waals surface area contributed by atoms with Gasteiger partial charge in [-0.05, 0) is 25.0 Å². The van der Waals surface area contributed by atoms with Gasteiger partial charge in [-0.15, -0.1) is 5.26 Å². The molecule has 0 aliphatic carbocycles. The van der Waals surface area contributed by atoms with Crippen molar-refractivity contribution in [2.75, 3.05) is 0 Å². The van der Waals surface area contributed by atoms with Gasteiger partial charge in [-0.1, -0.05) is 38.8 Å². The van der Waals surface area contributed by atoms with Crippen molar-refractivity contribution in [3.63, 3.8) is 0 Å². The Balaban J connectivity index is 2.97. The molecule has 1 rings (SSSR count). The highest BCUT2D eigenvalue weighted by molar-refractivity contribution is 6.00. The zero-order valence-corrected chi connectivity index (χ0v) is 11.0. The molecule has 0 heterocycles. The van der Waals surface area contributed by atoms with E-state index in [-0.39, 0.29) is 11.7 Å². The minimum absolute atomic E-state index is 0.0310. The topological polar surface area (TPSA) is 50.1 Å². The number of ketones is 1. The second-order valence-corrected chi connectivity index (χ2v) is 4.33. The Morgan fingerprint density at radius 3 is 2.44 bits per heavy atom. The van der Waals surface area contributed by atoms with E-state index in [1.54, 1.807) is 30.5 Å². The molecule has 0 atom stereocenters. The molecule has 0 bridgehead atoms. The third-order valence-corrected chi connectivity index (χ3v) is 2.95. The molecular weight excluding hydrogens is 226 g/mol. The van der Waals surface area contributed by atoms with Gasteiger partial charge in [-0.3, -0.25) is 4.79 Å². The number of Topliss-reactive ketones (excluding diaryl/α,β-unsaturated/α-hetero) is 1. The van der Waals surface area contributed by atoms with Gasteiger partial charge >= 0.3 is 0 Å². The van der Waals surface area contributed by atoms with Gasteiger partial charge < -0.3 is 4.74 Å². The molecule has 96 valence electrons. The summed E-state index contributed by atoms with van der Waals surface area (Å²) in [5, 5.41) is 8.59. The third kappa shape index (κ3) is 3.59. The fourth-order valence-corrected chi connectivity index (χ4v) is 2.13. The van der Waals surface area contributed by atoms with Crippen molar-refractivity contribution in [3.8, 4) is 12.0 Å². The summed E-state index contributed by atoms with van der Waals surface area (Å²) in [5.41, 5.74) is 0.519. The Labute approximate surface area is 108 Å². The molecule has 0 N–H and O–H groups in total. The number of carbonyl (C=O) groups excluding carboxylic acids is 1. The predicted octanol–water partition coefficient (Wildman–Crippen LogP) is 3.95. The minimum Gasteiger partial charge on any atom is -0.387 e. The lowest BCUT2D eigenvalue weighted by atomic mass is 9.89. The van der Waals surface area contributed by atoms with Gasteiger partial charge in [-0.2, -0.15) is 0 Å². The Morgan fingerprint density at radius 1 is 1.28 bits per heavy atom. The van der Waals surface area contributed by atoms with Gasteiger partial charge in [0, 0.05) is 5.92 Å². The monoisotopic (exact) mass is 245 g/mol. The highest BCUT2D eigenvalue weighted by Gasteiger charge is 2.21. The normalized spacial score (nSPS) is 10.1. The molecule has 3 nitrogen and oxygen atoms in total. The highest BCUT2D eigenvalue weighted by atomic mass is 16.5. The number of hydrogen-bond acceptors (Lipinski definition) is 3. The molecule has 18 heavy (non-hydrogen) atoms. The van der Waals surface area contributed by atoms with Crippen molar-refractivity contribution in [1.82, 2.24) is 0 Å². The maximum Gasteiger partial charge on any atom is 0.292 e. The van der Waals surface area contributed by atoms with E-state index in [2.05, 4.69) is 13.8 Å². The largest absolute Gasteiger partial charge is 0.387 e. The van der Waals surface area contributed by atoms with Crippen molar-refractivity contribution in [2.24, 2.45) is 5.92 Å². The first-order chi connectivity index (χ1) is 8.74. The van der Waals surface area contributed by atoms with Crippen LogP contribution in [-0.2, 0) is 0 Å². The molecule has 0 fully saturated rings. The van der Waals surface area contributed by atoms with E-state index in [0.717, 1.165) is 25.7 Å². The first-order valence-corrected chi connectivity index (χ1v) is 6.43. The van der Waals surface area contributed by atoms with Gasteiger partial charge in [0.2, 0.25) is 0 Å². The minimum atomic E-state index is 0.0310. The quantitative estimate of drug-likeness (QED) is 0.540. The van der Waals surface area contributed by atoms with E-state index in [4.69, 9.17) is 10.00 Å². The average Bonchev–Trinajstić information content (AvgIpc) is 2.39. The lowest BCUT2D eigenvalue weighted by Crippen LogP contribution is -2.15. The summed E-state index contributed by atoms with van der Waals surface area (Å²) >= 11 is 0. The van der Waals surface area contributed by atoms with E-state index in [9.17, 15) is 4.79 Å². The number of rotatable bonds is 7. The average molecular weight is 245 g/mol. The molecule has 0 saturated heterocycles. The number of para-hydroxylation sites is 1. The Morgan fingerprint density at radius 2 is 1.89 bits per heavy atom. The Hall–Kier alpha value is -1.82. The summed E-state index contributed by atoms with van der Waals surface area (Å²) in [4.78, 5) is 12.4. The van der Waals surface area contributed by atoms with Crippen molar-refractivity contribution < 1.29 is 9.53 Å². The van der Waals surface area contributed by atoms with Crippen LogP contribution in [0.15, 0.2) is 24.3 Å². The summed E-state index contributed by atoms with van der Waals surface area (Å²) < 4.78 is 4.85. The summed E-state index contributed by atoms with van der Waals surface area (Å²) in [6.07, 6.45) is 5.36. The fraction of sp³-hybridized carbons (Fsp3) is 0.467. The molecule has 0 unspecified atom stereocenters. The highest BCUT2D eigenvalue weighted by Crippen LogP contribution is 2.25. The number of ether oxygens (including phenoxy) is 1. The molecule has 3 heteroatoms. The number of hydrogen-bond donors (Lipinski definition) is 0. The zero-order valence-electron chi connectivity index (χ0n) is 11.0. The van der Waals surface area contributed by atoms with Crippen LogP contribution < -0.4 is 4.74 Å². The fourth-order valence-electron chi connectivity index (χ4n) is 2.13. The molecule has 0 saturated carbocycles.